The molecule has 1 atom stereocenters. The highest BCUT2D eigenvalue weighted by atomic mass is 35.5. The van der Waals surface area contributed by atoms with Crippen LogP contribution in [-0.2, 0) is 4.79 Å². The molecule has 0 spiro atoms. The van der Waals surface area contributed by atoms with Crippen LogP contribution in [0.25, 0.3) is 22.2 Å². The number of piperidine rings is 1. The van der Waals surface area contributed by atoms with Gasteiger partial charge in [0.2, 0.25) is 11.9 Å². The molecule has 2 aromatic heterocycles. The third-order valence-electron chi connectivity index (χ3n) is 7.10. The summed E-state index contributed by atoms with van der Waals surface area (Å²) in [5.41, 5.74) is 4.68. The zero-order valence-electron chi connectivity index (χ0n) is 23.4. The van der Waals surface area contributed by atoms with Crippen molar-refractivity contribution < 1.29 is 9.59 Å². The molecular formula is C31H34ClN7O2. The van der Waals surface area contributed by atoms with E-state index in [1.807, 2.05) is 73.4 Å². The molecule has 3 N–H and O–H groups in total. The first-order valence-corrected chi connectivity index (χ1v) is 14.0. The maximum Gasteiger partial charge on any atom is 0.253 e. The number of aryl methyl sites for hydroxylation is 1. The molecule has 5 rings (SSSR count). The van der Waals surface area contributed by atoms with E-state index in [1.54, 1.807) is 18.3 Å². The van der Waals surface area contributed by atoms with E-state index in [4.69, 9.17) is 16.6 Å². The largest absolute Gasteiger partial charge is 0.360 e. The zero-order valence-corrected chi connectivity index (χ0v) is 24.2. The number of hydrogen-bond donors (Lipinski definition) is 3. The van der Waals surface area contributed by atoms with Crippen molar-refractivity contribution in [1.82, 2.24) is 24.8 Å². The summed E-state index contributed by atoms with van der Waals surface area (Å²) in [4.78, 5) is 41.9. The molecule has 1 unspecified atom stereocenters. The van der Waals surface area contributed by atoms with Crippen molar-refractivity contribution in [2.75, 3.05) is 44.4 Å². The van der Waals surface area contributed by atoms with Gasteiger partial charge in [-0.3, -0.25) is 9.59 Å². The van der Waals surface area contributed by atoms with Gasteiger partial charge in [0.25, 0.3) is 5.91 Å². The molecule has 0 radical (unpaired) electrons. The number of amides is 2. The van der Waals surface area contributed by atoms with E-state index in [0.717, 1.165) is 34.9 Å². The average Bonchev–Trinajstić information content (AvgIpc) is 3.39. The molecule has 3 heterocycles. The Labute approximate surface area is 244 Å². The van der Waals surface area contributed by atoms with Crippen LogP contribution in [0.4, 0.5) is 11.6 Å². The van der Waals surface area contributed by atoms with Crippen LogP contribution in [0.3, 0.4) is 0 Å². The number of nitrogens with one attached hydrogen (secondary N) is 3. The lowest BCUT2D eigenvalue weighted by molar-refractivity contribution is -0.111. The first-order valence-electron chi connectivity index (χ1n) is 13.7. The third-order valence-corrected chi connectivity index (χ3v) is 7.38. The van der Waals surface area contributed by atoms with Gasteiger partial charge in [0.05, 0.1) is 16.9 Å². The molecule has 0 saturated carbocycles. The number of aromatic nitrogens is 3. The number of benzene rings is 2. The quantitative estimate of drug-likeness (QED) is 0.246. The number of carbonyl (C=O) groups excluding carboxylic acids is 2. The molecule has 1 aliphatic heterocycles. The van der Waals surface area contributed by atoms with Crippen molar-refractivity contribution in [2.24, 2.45) is 0 Å². The molecule has 0 bridgehead atoms. The van der Waals surface area contributed by atoms with Gasteiger partial charge in [-0.1, -0.05) is 35.9 Å². The van der Waals surface area contributed by atoms with Crippen LogP contribution in [0.15, 0.2) is 67.0 Å². The molecule has 0 aliphatic carbocycles. The van der Waals surface area contributed by atoms with E-state index in [-0.39, 0.29) is 17.9 Å². The summed E-state index contributed by atoms with van der Waals surface area (Å²) in [6.45, 7) is 3.77. The SMILES string of the molecule is Cc1cc(C(=O)N2CCCC(Nc3ncc(Cl)c(-c4c[nH]c5ccccc45)n3)C2)ccc1NC(=O)C=CCN(C)C. The van der Waals surface area contributed by atoms with Crippen molar-refractivity contribution in [1.29, 1.82) is 0 Å². The molecule has 1 aliphatic rings. The van der Waals surface area contributed by atoms with Crippen LogP contribution in [0.5, 0.6) is 0 Å². The fourth-order valence-corrected chi connectivity index (χ4v) is 5.21. The summed E-state index contributed by atoms with van der Waals surface area (Å²) in [5, 5.41) is 7.82. The minimum absolute atomic E-state index is 0.00157. The first kappa shape index (κ1) is 28.3. The molecule has 1 fully saturated rings. The number of carbonyl (C=O) groups is 2. The summed E-state index contributed by atoms with van der Waals surface area (Å²) in [6.07, 6.45) is 8.60. The maximum atomic E-state index is 13.4. The van der Waals surface area contributed by atoms with Gasteiger partial charge < -0.3 is 25.4 Å². The van der Waals surface area contributed by atoms with Gasteiger partial charge in [-0.25, -0.2) is 9.97 Å². The van der Waals surface area contributed by atoms with Crippen LogP contribution in [-0.4, -0.2) is 76.3 Å². The molecule has 9 nitrogen and oxygen atoms in total. The Bertz CT molecular complexity index is 1600. The van der Waals surface area contributed by atoms with Crippen LogP contribution >= 0.6 is 11.6 Å². The second-order valence-electron chi connectivity index (χ2n) is 10.6. The Morgan fingerprint density at radius 3 is 2.85 bits per heavy atom. The number of H-pyrrole nitrogens is 1. The minimum Gasteiger partial charge on any atom is -0.360 e. The smallest absolute Gasteiger partial charge is 0.253 e. The lowest BCUT2D eigenvalue weighted by Gasteiger charge is -2.33. The molecule has 212 valence electrons. The predicted octanol–water partition coefficient (Wildman–Crippen LogP) is 5.36. The lowest BCUT2D eigenvalue weighted by Crippen LogP contribution is -2.45. The molecule has 2 amide bonds. The summed E-state index contributed by atoms with van der Waals surface area (Å²) >= 11 is 6.50. The summed E-state index contributed by atoms with van der Waals surface area (Å²) in [6, 6.07) is 13.4. The van der Waals surface area contributed by atoms with Crippen molar-refractivity contribution in [3.63, 3.8) is 0 Å². The van der Waals surface area contributed by atoms with E-state index in [2.05, 4.69) is 20.6 Å². The van der Waals surface area contributed by atoms with Crippen molar-refractivity contribution in [3.8, 4) is 11.3 Å². The van der Waals surface area contributed by atoms with Crippen LogP contribution in [0, 0.1) is 6.92 Å². The highest BCUT2D eigenvalue weighted by Gasteiger charge is 2.26. The van der Waals surface area contributed by atoms with Crippen molar-refractivity contribution >= 4 is 46.0 Å². The third kappa shape index (κ3) is 6.75. The van der Waals surface area contributed by atoms with E-state index in [0.29, 0.717) is 47.6 Å². The zero-order chi connectivity index (χ0) is 28.9. The molecule has 4 aromatic rings. The van der Waals surface area contributed by atoms with E-state index in [1.165, 1.54) is 6.08 Å². The van der Waals surface area contributed by atoms with Gasteiger partial charge in [0.1, 0.15) is 0 Å². The van der Waals surface area contributed by atoms with Crippen LogP contribution in [0.1, 0.15) is 28.8 Å². The summed E-state index contributed by atoms with van der Waals surface area (Å²) in [5.74, 6) is 0.237. The summed E-state index contributed by atoms with van der Waals surface area (Å²) < 4.78 is 0. The number of anilines is 2. The van der Waals surface area contributed by atoms with Gasteiger partial charge in [0.15, 0.2) is 0 Å². The number of hydrogen-bond acceptors (Lipinski definition) is 6. The Balaban J connectivity index is 1.24. The van der Waals surface area contributed by atoms with Crippen molar-refractivity contribution in [3.05, 3.63) is 83.2 Å². The van der Waals surface area contributed by atoms with Gasteiger partial charge in [-0.05, 0) is 63.7 Å². The number of aromatic amines is 1. The topological polar surface area (TPSA) is 106 Å². The first-order chi connectivity index (χ1) is 19.8. The van der Waals surface area contributed by atoms with E-state index >= 15 is 0 Å². The van der Waals surface area contributed by atoms with Crippen LogP contribution in [0.2, 0.25) is 5.02 Å². The van der Waals surface area contributed by atoms with E-state index in [9.17, 15) is 9.59 Å². The fourth-order valence-electron chi connectivity index (χ4n) is 5.02. The number of fused-ring (bicyclic) bond motifs is 1. The number of likely N-dealkylation sites (N-methyl/N-ethyl adjacent to an activating group) is 1. The molecule has 2 aromatic carbocycles. The van der Waals surface area contributed by atoms with Crippen molar-refractivity contribution in [2.45, 2.75) is 25.8 Å². The monoisotopic (exact) mass is 571 g/mol. The number of nitrogens with zero attached hydrogens (tertiary/aromatic N) is 4. The molecule has 41 heavy (non-hydrogen) atoms. The van der Waals surface area contributed by atoms with E-state index < -0.39 is 0 Å². The molecule has 10 heteroatoms. The number of para-hydroxylation sites is 1. The number of rotatable bonds is 8. The second kappa shape index (κ2) is 12.5. The number of likely N-dealkylation sites (tertiary alicyclic amines) is 1. The molecule has 1 saturated heterocycles. The maximum absolute atomic E-state index is 13.4. The molecular weight excluding hydrogens is 538 g/mol. The standard InChI is InChI=1S/C31H34ClN7O2/c1-20-16-21(12-13-26(20)36-28(40)11-7-14-38(2)3)30(41)39-15-6-8-22(19-39)35-31-34-18-25(32)29(37-31)24-17-33-27-10-5-4-9-23(24)27/h4-5,7,9-13,16-18,22,33H,6,8,14-15,19H2,1-3H3,(H,36,40)(H,34,35,37). The van der Waals surface area contributed by atoms with Gasteiger partial charge in [-0.15, -0.1) is 0 Å². The highest BCUT2D eigenvalue weighted by molar-refractivity contribution is 6.33. The average molecular weight is 572 g/mol. The fraction of sp³-hybridized carbons (Fsp3) is 0.290. The Kier molecular flexibility index (Phi) is 8.66. The highest BCUT2D eigenvalue weighted by Crippen LogP contribution is 2.32. The Morgan fingerprint density at radius 1 is 1.22 bits per heavy atom. The number of halogens is 1. The Morgan fingerprint density at radius 2 is 2.05 bits per heavy atom. The predicted molar refractivity (Wildman–Crippen MR) is 164 cm³/mol. The second-order valence-corrected chi connectivity index (χ2v) is 11.0. The van der Waals surface area contributed by atoms with Crippen LogP contribution < -0.4 is 10.6 Å². The van der Waals surface area contributed by atoms with Gasteiger partial charge >= 0.3 is 0 Å². The lowest BCUT2D eigenvalue weighted by atomic mass is 10.0. The summed E-state index contributed by atoms with van der Waals surface area (Å²) in [7, 11) is 3.88. The van der Waals surface area contributed by atoms with Gasteiger partial charge in [-0.2, -0.15) is 0 Å². The minimum atomic E-state index is -0.198. The van der Waals surface area contributed by atoms with Gasteiger partial charge in [0, 0.05) is 65.7 Å². The normalized spacial score (nSPS) is 15.5. The Hall–Kier alpha value is -4.21.